The maximum atomic E-state index is 13.5. The van der Waals surface area contributed by atoms with Gasteiger partial charge in [0, 0.05) is 19.3 Å². The van der Waals surface area contributed by atoms with E-state index >= 15 is 0 Å². The first-order valence-electron chi connectivity index (χ1n) is 6.13. The average Bonchev–Trinajstić information content (AvgIpc) is 2.39. The van der Waals surface area contributed by atoms with Crippen LogP contribution in [0.25, 0.3) is 0 Å². The molecule has 2 rings (SSSR count). The molecule has 7 heteroatoms. The maximum Gasteiger partial charge on any atom is 0.416 e. The predicted octanol–water partition coefficient (Wildman–Crippen LogP) is 2.75. The highest BCUT2D eigenvalue weighted by atomic mass is 19.4. The monoisotopic (exact) mass is 291 g/mol. The van der Waals surface area contributed by atoms with Crippen LogP contribution in [0.1, 0.15) is 28.8 Å². The summed E-state index contributed by atoms with van der Waals surface area (Å²) in [5.74, 6) is -1.80. The van der Waals surface area contributed by atoms with Crippen molar-refractivity contribution in [1.29, 1.82) is 0 Å². The lowest BCUT2D eigenvalue weighted by Crippen LogP contribution is -2.39. The first-order valence-corrected chi connectivity index (χ1v) is 6.13. The smallest absolute Gasteiger partial charge is 0.381 e. The molecule has 0 atom stereocenters. The molecule has 0 aliphatic carbocycles. The van der Waals surface area contributed by atoms with Crippen molar-refractivity contribution in [2.45, 2.75) is 25.1 Å². The van der Waals surface area contributed by atoms with Crippen LogP contribution in [0.2, 0.25) is 0 Å². The number of benzene rings is 1. The Bertz CT molecular complexity index is 496. The van der Waals surface area contributed by atoms with Crippen LogP contribution in [0.5, 0.6) is 0 Å². The maximum absolute atomic E-state index is 13.5. The lowest BCUT2D eigenvalue weighted by molar-refractivity contribution is -0.137. The van der Waals surface area contributed by atoms with E-state index in [1.165, 1.54) is 0 Å². The van der Waals surface area contributed by atoms with Crippen molar-refractivity contribution in [2.24, 2.45) is 0 Å². The van der Waals surface area contributed by atoms with Crippen molar-refractivity contribution in [2.75, 3.05) is 13.2 Å². The molecular weight excluding hydrogens is 278 g/mol. The summed E-state index contributed by atoms with van der Waals surface area (Å²) < 4.78 is 56.3. The van der Waals surface area contributed by atoms with E-state index in [2.05, 4.69) is 5.32 Å². The van der Waals surface area contributed by atoms with Crippen molar-refractivity contribution in [1.82, 2.24) is 5.32 Å². The zero-order valence-corrected chi connectivity index (χ0v) is 10.5. The van der Waals surface area contributed by atoms with E-state index < -0.39 is 29.0 Å². The molecule has 0 radical (unpaired) electrons. The second-order valence-electron chi connectivity index (χ2n) is 4.55. The van der Waals surface area contributed by atoms with Crippen LogP contribution in [-0.2, 0) is 10.9 Å². The molecule has 0 aromatic heterocycles. The Kier molecular flexibility index (Phi) is 4.27. The third-order valence-corrected chi connectivity index (χ3v) is 3.09. The quantitative estimate of drug-likeness (QED) is 0.851. The van der Waals surface area contributed by atoms with Crippen LogP contribution in [0.4, 0.5) is 17.6 Å². The van der Waals surface area contributed by atoms with E-state index in [1.807, 2.05) is 0 Å². The summed E-state index contributed by atoms with van der Waals surface area (Å²) >= 11 is 0. The van der Waals surface area contributed by atoms with Crippen LogP contribution in [0.15, 0.2) is 18.2 Å². The van der Waals surface area contributed by atoms with E-state index in [0.29, 0.717) is 44.3 Å². The second kappa shape index (κ2) is 5.78. The zero-order valence-electron chi connectivity index (χ0n) is 10.5. The summed E-state index contributed by atoms with van der Waals surface area (Å²) in [6, 6.07) is 1.59. The van der Waals surface area contributed by atoms with Crippen LogP contribution < -0.4 is 5.32 Å². The molecule has 1 amide bonds. The number of hydrogen-bond acceptors (Lipinski definition) is 2. The van der Waals surface area contributed by atoms with Crippen molar-refractivity contribution >= 4 is 5.91 Å². The number of carbonyl (C=O) groups is 1. The van der Waals surface area contributed by atoms with Gasteiger partial charge in [-0.3, -0.25) is 4.79 Å². The summed E-state index contributed by atoms with van der Waals surface area (Å²) in [5, 5.41) is 2.53. The molecule has 0 spiro atoms. The summed E-state index contributed by atoms with van der Waals surface area (Å²) in [5.41, 5.74) is -1.64. The third kappa shape index (κ3) is 3.47. The highest BCUT2D eigenvalue weighted by molar-refractivity contribution is 5.94. The van der Waals surface area contributed by atoms with Crippen LogP contribution in [0, 0.1) is 5.82 Å². The molecule has 1 heterocycles. The minimum atomic E-state index is -4.61. The molecule has 1 aliphatic rings. The lowest BCUT2D eigenvalue weighted by atomic mass is 10.1. The van der Waals surface area contributed by atoms with Gasteiger partial charge in [0.25, 0.3) is 5.91 Å². The topological polar surface area (TPSA) is 38.3 Å². The molecule has 0 unspecified atom stereocenters. The molecule has 1 aromatic carbocycles. The SMILES string of the molecule is O=C(NC1CCOCC1)c1cc(C(F)(F)F)ccc1F. The number of amides is 1. The number of carbonyl (C=O) groups excluding carboxylic acids is 1. The first kappa shape index (κ1) is 14.8. The first-order chi connectivity index (χ1) is 9.38. The van der Waals surface area contributed by atoms with E-state index in [9.17, 15) is 22.4 Å². The van der Waals surface area contributed by atoms with Crippen molar-refractivity contribution < 1.29 is 27.1 Å². The van der Waals surface area contributed by atoms with Gasteiger partial charge in [-0.2, -0.15) is 13.2 Å². The number of halogens is 4. The van der Waals surface area contributed by atoms with Gasteiger partial charge in [0.1, 0.15) is 5.82 Å². The molecule has 110 valence electrons. The highest BCUT2D eigenvalue weighted by Crippen LogP contribution is 2.30. The molecule has 0 saturated carbocycles. The molecule has 20 heavy (non-hydrogen) atoms. The van der Waals surface area contributed by atoms with Gasteiger partial charge in [-0.25, -0.2) is 4.39 Å². The van der Waals surface area contributed by atoms with Crippen LogP contribution in [-0.4, -0.2) is 25.2 Å². The Labute approximate surface area is 112 Å². The van der Waals surface area contributed by atoms with Gasteiger partial charge >= 0.3 is 6.18 Å². The van der Waals surface area contributed by atoms with Gasteiger partial charge in [-0.15, -0.1) is 0 Å². The van der Waals surface area contributed by atoms with Crippen molar-refractivity contribution in [3.8, 4) is 0 Å². The van der Waals surface area contributed by atoms with E-state index in [-0.39, 0.29) is 6.04 Å². The number of rotatable bonds is 2. The van der Waals surface area contributed by atoms with Gasteiger partial charge in [0.15, 0.2) is 0 Å². The predicted molar refractivity (Wildman–Crippen MR) is 62.7 cm³/mol. The van der Waals surface area contributed by atoms with Gasteiger partial charge in [0.2, 0.25) is 0 Å². The van der Waals surface area contributed by atoms with E-state index in [0.717, 1.165) is 0 Å². The molecule has 1 aromatic rings. The highest BCUT2D eigenvalue weighted by Gasteiger charge is 2.32. The number of hydrogen-bond donors (Lipinski definition) is 1. The Morgan fingerprint density at radius 3 is 2.50 bits per heavy atom. The largest absolute Gasteiger partial charge is 0.416 e. The Morgan fingerprint density at radius 2 is 1.90 bits per heavy atom. The molecule has 1 saturated heterocycles. The molecular formula is C13H13F4NO2. The summed E-state index contributed by atoms with van der Waals surface area (Å²) in [6.45, 7) is 0.937. The van der Waals surface area contributed by atoms with Crippen LogP contribution >= 0.6 is 0 Å². The molecule has 1 fully saturated rings. The molecule has 0 bridgehead atoms. The Morgan fingerprint density at radius 1 is 1.25 bits per heavy atom. The molecule has 3 nitrogen and oxygen atoms in total. The fourth-order valence-electron chi connectivity index (χ4n) is 1.98. The fourth-order valence-corrected chi connectivity index (χ4v) is 1.98. The van der Waals surface area contributed by atoms with E-state index in [4.69, 9.17) is 4.74 Å². The van der Waals surface area contributed by atoms with Gasteiger partial charge < -0.3 is 10.1 Å². The number of nitrogens with one attached hydrogen (secondary N) is 1. The number of alkyl halides is 3. The normalized spacial score (nSPS) is 17.0. The van der Waals surface area contributed by atoms with Crippen molar-refractivity contribution in [3.05, 3.63) is 35.1 Å². The fraction of sp³-hybridized carbons (Fsp3) is 0.462. The molecule has 1 aliphatic heterocycles. The minimum absolute atomic E-state index is 0.204. The summed E-state index contributed by atoms with van der Waals surface area (Å²) in [7, 11) is 0. The van der Waals surface area contributed by atoms with E-state index in [1.54, 1.807) is 0 Å². The number of ether oxygens (including phenoxy) is 1. The summed E-state index contributed by atoms with van der Waals surface area (Å²) in [4.78, 5) is 11.9. The standard InChI is InChI=1S/C13H13F4NO2/c14-11-2-1-8(13(15,16)17)7-10(11)12(19)18-9-3-5-20-6-4-9/h1-2,7,9H,3-6H2,(H,18,19). The lowest BCUT2D eigenvalue weighted by Gasteiger charge is -2.23. The zero-order chi connectivity index (χ0) is 14.8. The van der Waals surface area contributed by atoms with Gasteiger partial charge in [-0.1, -0.05) is 0 Å². The van der Waals surface area contributed by atoms with Crippen molar-refractivity contribution in [3.63, 3.8) is 0 Å². The van der Waals surface area contributed by atoms with Gasteiger partial charge in [-0.05, 0) is 31.0 Å². The molecule has 1 N–H and O–H groups in total. The average molecular weight is 291 g/mol. The summed E-state index contributed by atoms with van der Waals surface area (Å²) in [6.07, 6.45) is -3.49. The minimum Gasteiger partial charge on any atom is -0.381 e. The third-order valence-electron chi connectivity index (χ3n) is 3.09. The second-order valence-corrected chi connectivity index (χ2v) is 4.55. The Balaban J connectivity index is 2.16. The Hall–Kier alpha value is -1.63. The van der Waals surface area contributed by atoms with Gasteiger partial charge in [0.05, 0.1) is 11.1 Å². The van der Waals surface area contributed by atoms with Crippen LogP contribution in [0.3, 0.4) is 0 Å².